The molecule has 2 aromatic heterocycles. The van der Waals surface area contributed by atoms with E-state index in [-0.39, 0.29) is 22.3 Å². The van der Waals surface area contributed by atoms with E-state index in [2.05, 4.69) is 0 Å². The Morgan fingerprint density at radius 2 is 1.32 bits per heavy atom. The van der Waals surface area contributed by atoms with E-state index in [1.165, 1.54) is 22.6 Å². The van der Waals surface area contributed by atoms with Crippen molar-refractivity contribution in [2.45, 2.75) is 12.4 Å². The first-order valence-corrected chi connectivity index (χ1v) is 9.05. The summed E-state index contributed by atoms with van der Waals surface area (Å²) in [5, 5.41) is 0. The molecule has 2 heterocycles. The van der Waals surface area contributed by atoms with Crippen LogP contribution in [0.1, 0.15) is 27.2 Å². The number of ketones is 1. The van der Waals surface area contributed by atoms with Crippen LogP contribution in [-0.4, -0.2) is 10.2 Å². The summed E-state index contributed by atoms with van der Waals surface area (Å²) in [4.78, 5) is 13.0. The molecule has 0 bridgehead atoms. The first kappa shape index (κ1) is 20.7. The normalized spacial score (nSPS) is 12.3. The van der Waals surface area contributed by atoms with Crippen LogP contribution in [0, 0.1) is 0 Å². The quantitative estimate of drug-likeness (QED) is 0.255. The van der Waals surface area contributed by atoms with Gasteiger partial charge in [-0.3, -0.25) is 4.79 Å². The second kappa shape index (κ2) is 7.30. The third-order valence-corrected chi connectivity index (χ3v) is 4.89. The van der Waals surface area contributed by atoms with Gasteiger partial charge in [0.25, 0.3) is 0 Å². The summed E-state index contributed by atoms with van der Waals surface area (Å²) in [6, 6.07) is 15.4. The van der Waals surface area contributed by atoms with E-state index in [9.17, 15) is 31.1 Å². The van der Waals surface area contributed by atoms with Crippen molar-refractivity contribution >= 4 is 11.3 Å². The summed E-state index contributed by atoms with van der Waals surface area (Å²) < 4.78 is 79.8. The van der Waals surface area contributed by atoms with Crippen LogP contribution < -0.4 is 0 Å². The molecule has 31 heavy (non-hydrogen) atoms. The van der Waals surface area contributed by atoms with Crippen molar-refractivity contribution in [2.24, 2.45) is 0 Å². The number of rotatable bonds is 3. The van der Waals surface area contributed by atoms with Gasteiger partial charge in [0.15, 0.2) is 0 Å². The van der Waals surface area contributed by atoms with E-state index in [1.807, 2.05) is 0 Å². The zero-order valence-electron chi connectivity index (χ0n) is 15.6. The van der Waals surface area contributed by atoms with Crippen molar-refractivity contribution in [3.63, 3.8) is 0 Å². The number of benzene rings is 2. The van der Waals surface area contributed by atoms with Crippen molar-refractivity contribution in [3.8, 4) is 11.1 Å². The average molecular weight is 433 g/mol. The van der Waals surface area contributed by atoms with Gasteiger partial charge in [0.05, 0.1) is 22.3 Å². The van der Waals surface area contributed by atoms with Crippen molar-refractivity contribution < 1.29 is 31.1 Å². The minimum absolute atomic E-state index is 0.0638. The summed E-state index contributed by atoms with van der Waals surface area (Å²) in [5.41, 5.74) is -0.822. The van der Waals surface area contributed by atoms with Gasteiger partial charge < -0.3 is 4.40 Å². The highest BCUT2D eigenvalue weighted by Crippen LogP contribution is 2.36. The van der Waals surface area contributed by atoms with Gasteiger partial charge in [-0.15, -0.1) is 0 Å². The zero-order valence-corrected chi connectivity index (χ0v) is 15.6. The average Bonchev–Trinajstić information content (AvgIpc) is 3.11. The molecule has 0 aliphatic heterocycles. The van der Waals surface area contributed by atoms with Gasteiger partial charge in [-0.1, -0.05) is 42.5 Å². The molecular weight excluding hydrogens is 420 g/mol. The van der Waals surface area contributed by atoms with Gasteiger partial charge in [0, 0.05) is 17.3 Å². The third kappa shape index (κ3) is 3.93. The molecule has 0 spiro atoms. The fourth-order valence-electron chi connectivity index (χ4n) is 3.36. The molecule has 4 rings (SSSR count). The zero-order chi connectivity index (χ0) is 22.4. The Bertz CT molecular complexity index is 1250. The van der Waals surface area contributed by atoms with Crippen LogP contribution in [0.4, 0.5) is 26.3 Å². The summed E-state index contributed by atoms with van der Waals surface area (Å²) in [7, 11) is 0. The van der Waals surface area contributed by atoms with Crippen LogP contribution in [0.5, 0.6) is 0 Å². The topological polar surface area (TPSA) is 21.5 Å². The molecule has 0 atom stereocenters. The molecular formula is C23H13F6NO. The molecule has 0 saturated carbocycles. The molecule has 0 N–H and O–H groups in total. The maximum Gasteiger partial charge on any atom is 0.416 e. The number of fused-ring (bicyclic) bond motifs is 1. The molecule has 0 saturated heterocycles. The lowest BCUT2D eigenvalue weighted by Gasteiger charge is -2.10. The van der Waals surface area contributed by atoms with Gasteiger partial charge in [-0.2, -0.15) is 26.3 Å². The second-order valence-electron chi connectivity index (χ2n) is 6.88. The summed E-state index contributed by atoms with van der Waals surface area (Å²) in [6.07, 6.45) is -8.02. The molecule has 158 valence electrons. The standard InChI is InChI=1S/C23H13F6NO/c24-22(25,26)16-8-6-14(7-9-16)18-13-20(21(31)15-4-2-1-3-5-15)30-11-10-17(12-19(18)30)23(27,28)29/h1-13H. The maximum atomic E-state index is 13.3. The van der Waals surface area contributed by atoms with E-state index >= 15 is 0 Å². The van der Waals surface area contributed by atoms with Crippen molar-refractivity contribution in [2.75, 3.05) is 0 Å². The Morgan fingerprint density at radius 3 is 1.90 bits per heavy atom. The lowest BCUT2D eigenvalue weighted by molar-refractivity contribution is -0.138. The molecule has 0 amide bonds. The molecule has 0 unspecified atom stereocenters. The molecule has 0 aliphatic carbocycles. The summed E-state index contributed by atoms with van der Waals surface area (Å²) >= 11 is 0. The minimum Gasteiger partial charge on any atom is -0.313 e. The highest BCUT2D eigenvalue weighted by molar-refractivity contribution is 6.10. The van der Waals surface area contributed by atoms with Gasteiger partial charge >= 0.3 is 12.4 Å². The van der Waals surface area contributed by atoms with Gasteiger partial charge in [0.2, 0.25) is 5.78 Å². The minimum atomic E-state index is -4.62. The monoisotopic (exact) mass is 433 g/mol. The predicted octanol–water partition coefficient (Wildman–Crippen LogP) is 6.87. The third-order valence-electron chi connectivity index (χ3n) is 4.89. The Morgan fingerprint density at radius 1 is 0.710 bits per heavy atom. The smallest absolute Gasteiger partial charge is 0.313 e. The van der Waals surface area contributed by atoms with E-state index in [4.69, 9.17) is 0 Å². The number of nitrogens with zero attached hydrogens (tertiary/aromatic N) is 1. The molecule has 4 aromatic rings. The molecule has 8 heteroatoms. The van der Waals surface area contributed by atoms with Gasteiger partial charge in [0.1, 0.15) is 0 Å². The van der Waals surface area contributed by atoms with E-state index in [0.717, 1.165) is 30.5 Å². The fraction of sp³-hybridized carbons (Fsp3) is 0.0870. The number of pyridine rings is 1. The lowest BCUT2D eigenvalue weighted by atomic mass is 10.0. The lowest BCUT2D eigenvalue weighted by Crippen LogP contribution is -2.08. The van der Waals surface area contributed by atoms with Crippen LogP contribution in [0.15, 0.2) is 79.0 Å². The second-order valence-corrected chi connectivity index (χ2v) is 6.88. The molecule has 0 radical (unpaired) electrons. The Kier molecular flexibility index (Phi) is 4.88. The van der Waals surface area contributed by atoms with Crippen LogP contribution in [-0.2, 0) is 12.4 Å². The first-order chi connectivity index (χ1) is 14.6. The Labute approximate surface area is 172 Å². The van der Waals surface area contributed by atoms with Crippen molar-refractivity contribution in [1.29, 1.82) is 0 Å². The molecule has 0 fully saturated rings. The van der Waals surface area contributed by atoms with Gasteiger partial charge in [-0.25, -0.2) is 0 Å². The predicted molar refractivity (Wildman–Crippen MR) is 103 cm³/mol. The number of carbonyl (C=O) groups excluding carboxylic acids is 1. The highest BCUT2D eigenvalue weighted by atomic mass is 19.4. The molecule has 2 nitrogen and oxygen atoms in total. The largest absolute Gasteiger partial charge is 0.416 e. The first-order valence-electron chi connectivity index (χ1n) is 9.05. The number of hydrogen-bond donors (Lipinski definition) is 0. The van der Waals surface area contributed by atoms with Crippen LogP contribution in [0.3, 0.4) is 0 Å². The number of aromatic nitrogens is 1. The maximum absolute atomic E-state index is 13.3. The van der Waals surface area contributed by atoms with Crippen LogP contribution in [0.25, 0.3) is 16.6 Å². The SMILES string of the molecule is O=C(c1ccccc1)c1cc(-c2ccc(C(F)(F)F)cc2)c2cc(C(F)(F)F)ccn12. The number of alkyl halides is 6. The summed E-state index contributed by atoms with van der Waals surface area (Å²) in [6.45, 7) is 0. The fourth-order valence-corrected chi connectivity index (χ4v) is 3.36. The van der Waals surface area contributed by atoms with E-state index in [1.54, 1.807) is 30.3 Å². The molecule has 0 aliphatic rings. The Balaban J connectivity index is 1.92. The van der Waals surface area contributed by atoms with Crippen molar-refractivity contribution in [1.82, 2.24) is 4.40 Å². The highest BCUT2D eigenvalue weighted by Gasteiger charge is 2.32. The van der Waals surface area contributed by atoms with Crippen molar-refractivity contribution in [3.05, 3.63) is 101 Å². The van der Waals surface area contributed by atoms with Gasteiger partial charge in [-0.05, 0) is 35.9 Å². The number of carbonyl (C=O) groups is 1. The van der Waals surface area contributed by atoms with Crippen LogP contribution in [0.2, 0.25) is 0 Å². The number of hydrogen-bond acceptors (Lipinski definition) is 1. The Hall–Kier alpha value is -3.55. The van der Waals surface area contributed by atoms with E-state index < -0.39 is 29.3 Å². The summed E-state index contributed by atoms with van der Waals surface area (Å²) in [5.74, 6) is -0.423. The number of halogens is 6. The van der Waals surface area contributed by atoms with E-state index in [0.29, 0.717) is 5.56 Å². The van der Waals surface area contributed by atoms with Crippen LogP contribution >= 0.6 is 0 Å². The molecule has 2 aromatic carbocycles.